The molecule has 0 aliphatic heterocycles. The monoisotopic (exact) mass is 446 g/mol. The molecule has 0 heterocycles. The first-order valence-corrected chi connectivity index (χ1v) is 8.09. The van der Waals surface area contributed by atoms with Crippen molar-refractivity contribution in [1.82, 2.24) is 0 Å². The van der Waals surface area contributed by atoms with E-state index in [1.807, 2.05) is 0 Å². The molecular formula is C16H36NRu2+6. The third kappa shape index (κ3) is 12.6. The van der Waals surface area contributed by atoms with Crippen molar-refractivity contribution in [1.29, 1.82) is 0 Å². The van der Waals surface area contributed by atoms with Gasteiger partial charge in [-0.25, -0.2) is 0 Å². The predicted octanol–water partition coefficient (Wildman–Crippen LogP) is 5.00. The largest absolute Gasteiger partial charge is 3.00 e. The van der Waals surface area contributed by atoms with Crippen LogP contribution in [0.2, 0.25) is 0 Å². The van der Waals surface area contributed by atoms with Gasteiger partial charge < -0.3 is 4.48 Å². The Balaban J connectivity index is -0.00000128. The van der Waals surface area contributed by atoms with Gasteiger partial charge in [-0.05, 0) is 25.7 Å². The molecule has 0 amide bonds. The van der Waals surface area contributed by atoms with Crippen LogP contribution in [0.3, 0.4) is 0 Å². The van der Waals surface area contributed by atoms with E-state index in [1.165, 1.54) is 82.0 Å². The van der Waals surface area contributed by atoms with Crippen LogP contribution in [0.4, 0.5) is 0 Å². The van der Waals surface area contributed by atoms with Crippen LogP contribution in [0.5, 0.6) is 0 Å². The molecular weight excluding hydrogens is 408 g/mol. The van der Waals surface area contributed by atoms with Gasteiger partial charge in [0, 0.05) is 0 Å². The van der Waals surface area contributed by atoms with Gasteiger partial charge in [-0.1, -0.05) is 53.4 Å². The molecule has 1 radical (unpaired) electrons. The molecule has 19 heavy (non-hydrogen) atoms. The summed E-state index contributed by atoms with van der Waals surface area (Å²) in [4.78, 5) is 0. The minimum absolute atomic E-state index is 0. The maximum absolute atomic E-state index is 2.33. The van der Waals surface area contributed by atoms with Crippen molar-refractivity contribution in [2.45, 2.75) is 79.1 Å². The Morgan fingerprint density at radius 3 is 0.895 bits per heavy atom. The molecule has 1 nitrogen and oxygen atoms in total. The van der Waals surface area contributed by atoms with E-state index in [-0.39, 0.29) is 39.0 Å². The van der Waals surface area contributed by atoms with E-state index >= 15 is 0 Å². The molecule has 0 spiro atoms. The summed E-state index contributed by atoms with van der Waals surface area (Å²) in [7, 11) is 0. The van der Waals surface area contributed by atoms with E-state index in [4.69, 9.17) is 0 Å². The molecule has 0 aliphatic rings. The van der Waals surface area contributed by atoms with Crippen LogP contribution in [0.1, 0.15) is 79.1 Å². The van der Waals surface area contributed by atoms with Gasteiger partial charge in [-0.2, -0.15) is 0 Å². The number of quaternary nitrogens is 1. The predicted molar refractivity (Wildman–Crippen MR) is 79.4 cm³/mol. The van der Waals surface area contributed by atoms with Crippen LogP contribution >= 0.6 is 0 Å². The van der Waals surface area contributed by atoms with E-state index in [1.54, 1.807) is 0 Å². The minimum Gasteiger partial charge on any atom is -0.324 e. The Bertz CT molecular complexity index is 125. The normalized spacial score (nSPS) is 10.7. The SMILES string of the molecule is CCCC[N+](CCCC)(CCCC)CCCC.[Ru+2].[Ru+3]. The Kier molecular flexibility index (Phi) is 22.9. The summed E-state index contributed by atoms with van der Waals surface area (Å²) < 4.78 is 1.42. The zero-order valence-electron chi connectivity index (χ0n) is 13.6. The van der Waals surface area contributed by atoms with Crippen molar-refractivity contribution in [2.75, 3.05) is 26.2 Å². The fraction of sp³-hybridized carbons (Fsp3) is 1.00. The van der Waals surface area contributed by atoms with E-state index in [9.17, 15) is 0 Å². The standard InChI is InChI=1S/C16H36N.2Ru/c1-5-9-13-17(14-10-6-2,15-11-7-3)16-12-8-4;;/h5-16H2,1-4H3;;/q+1;+2;+3. The first kappa shape index (κ1) is 25.2. The molecule has 0 bridgehead atoms. The fourth-order valence-corrected chi connectivity index (χ4v) is 2.64. The molecule has 115 valence electrons. The summed E-state index contributed by atoms with van der Waals surface area (Å²) in [5, 5.41) is 0. The van der Waals surface area contributed by atoms with Crippen LogP contribution in [-0.4, -0.2) is 30.7 Å². The second kappa shape index (κ2) is 17.3. The minimum atomic E-state index is 0. The number of rotatable bonds is 12. The molecule has 0 aromatic heterocycles. The van der Waals surface area contributed by atoms with Crippen LogP contribution in [-0.2, 0) is 39.0 Å². The van der Waals surface area contributed by atoms with Crippen molar-refractivity contribution in [3.8, 4) is 0 Å². The van der Waals surface area contributed by atoms with Crippen LogP contribution in [0, 0.1) is 0 Å². The second-order valence-corrected chi connectivity index (χ2v) is 5.65. The maximum Gasteiger partial charge on any atom is 3.00 e. The van der Waals surface area contributed by atoms with Crippen molar-refractivity contribution in [3.05, 3.63) is 0 Å². The number of nitrogens with zero attached hydrogens (tertiary/aromatic N) is 1. The summed E-state index contributed by atoms with van der Waals surface area (Å²) in [6.45, 7) is 15.0. The number of hydrogen-bond acceptors (Lipinski definition) is 0. The first-order chi connectivity index (χ1) is 8.24. The zero-order valence-corrected chi connectivity index (χ0v) is 17.1. The molecule has 0 aliphatic carbocycles. The Morgan fingerprint density at radius 1 is 0.526 bits per heavy atom. The van der Waals surface area contributed by atoms with E-state index in [0.29, 0.717) is 0 Å². The van der Waals surface area contributed by atoms with Gasteiger partial charge in [0.25, 0.3) is 0 Å². The summed E-state index contributed by atoms with van der Waals surface area (Å²) in [5.74, 6) is 0. The number of unbranched alkanes of at least 4 members (excludes halogenated alkanes) is 4. The van der Waals surface area contributed by atoms with Gasteiger partial charge in [0.05, 0.1) is 26.2 Å². The molecule has 0 N–H and O–H groups in total. The van der Waals surface area contributed by atoms with E-state index in [2.05, 4.69) is 27.7 Å². The molecule has 0 saturated heterocycles. The average molecular weight is 445 g/mol. The van der Waals surface area contributed by atoms with E-state index in [0.717, 1.165) is 0 Å². The molecule has 0 unspecified atom stereocenters. The van der Waals surface area contributed by atoms with Gasteiger partial charge >= 0.3 is 39.0 Å². The molecule has 0 saturated carbocycles. The Hall–Kier alpha value is 1.21. The second-order valence-electron chi connectivity index (χ2n) is 5.65. The average Bonchev–Trinajstić information content (AvgIpc) is 2.37. The van der Waals surface area contributed by atoms with Crippen molar-refractivity contribution in [2.24, 2.45) is 0 Å². The Labute approximate surface area is 148 Å². The molecule has 0 aromatic carbocycles. The fourth-order valence-electron chi connectivity index (χ4n) is 2.64. The van der Waals surface area contributed by atoms with Crippen LogP contribution in [0.15, 0.2) is 0 Å². The Morgan fingerprint density at radius 2 is 0.737 bits per heavy atom. The molecule has 0 fully saturated rings. The topological polar surface area (TPSA) is 0 Å². The molecule has 0 atom stereocenters. The van der Waals surface area contributed by atoms with Gasteiger partial charge in [0.2, 0.25) is 0 Å². The van der Waals surface area contributed by atoms with Gasteiger partial charge in [-0.15, -0.1) is 0 Å². The molecule has 0 aromatic rings. The summed E-state index contributed by atoms with van der Waals surface area (Å²) in [6, 6.07) is 0. The third-order valence-electron chi connectivity index (χ3n) is 3.94. The third-order valence-corrected chi connectivity index (χ3v) is 3.94. The van der Waals surface area contributed by atoms with E-state index < -0.39 is 0 Å². The van der Waals surface area contributed by atoms with Gasteiger partial charge in [0.15, 0.2) is 0 Å². The first-order valence-electron chi connectivity index (χ1n) is 8.09. The zero-order chi connectivity index (χ0) is 13.0. The smallest absolute Gasteiger partial charge is 0.324 e. The van der Waals surface area contributed by atoms with Crippen LogP contribution < -0.4 is 0 Å². The van der Waals surface area contributed by atoms with Gasteiger partial charge in [0.1, 0.15) is 0 Å². The number of hydrogen-bond donors (Lipinski definition) is 0. The molecule has 3 heteroatoms. The maximum atomic E-state index is 2.33. The summed E-state index contributed by atoms with van der Waals surface area (Å²) >= 11 is 0. The summed E-state index contributed by atoms with van der Waals surface area (Å²) in [5.41, 5.74) is 0. The van der Waals surface area contributed by atoms with Gasteiger partial charge in [-0.3, -0.25) is 0 Å². The molecule has 0 rings (SSSR count). The summed E-state index contributed by atoms with van der Waals surface area (Å²) in [6.07, 6.45) is 11.1. The quantitative estimate of drug-likeness (QED) is 0.294. The van der Waals surface area contributed by atoms with Crippen molar-refractivity contribution < 1.29 is 43.4 Å². The van der Waals surface area contributed by atoms with Crippen LogP contribution in [0.25, 0.3) is 0 Å². The van der Waals surface area contributed by atoms with Crippen molar-refractivity contribution >= 4 is 0 Å². The van der Waals surface area contributed by atoms with Crippen molar-refractivity contribution in [3.63, 3.8) is 0 Å².